The van der Waals surface area contributed by atoms with E-state index in [2.05, 4.69) is 9.88 Å². The van der Waals surface area contributed by atoms with Gasteiger partial charge in [0, 0.05) is 36.6 Å². The molecule has 5 nitrogen and oxygen atoms in total. The first kappa shape index (κ1) is 21.7. The average molecular weight is 464 g/mol. The van der Waals surface area contributed by atoms with Crippen LogP contribution < -0.4 is 4.31 Å². The Kier molecular flexibility index (Phi) is 5.96. The first-order chi connectivity index (χ1) is 14.7. The van der Waals surface area contributed by atoms with Gasteiger partial charge in [-0.3, -0.25) is 14.2 Å². The molecule has 0 radical (unpaired) electrons. The minimum Gasteiger partial charge on any atom is -0.288 e. The minimum absolute atomic E-state index is 0.0194. The number of benzene rings is 2. The first-order valence-electron chi connectivity index (χ1n) is 9.57. The number of pyridine rings is 1. The van der Waals surface area contributed by atoms with Crippen molar-refractivity contribution in [2.24, 2.45) is 0 Å². The van der Waals surface area contributed by atoms with Gasteiger partial charge in [0.05, 0.1) is 24.0 Å². The summed E-state index contributed by atoms with van der Waals surface area (Å²) in [6, 6.07) is 13.4. The highest BCUT2D eigenvalue weighted by Crippen LogP contribution is 2.36. The second-order valence-corrected chi connectivity index (χ2v) is 9.83. The van der Waals surface area contributed by atoms with E-state index < -0.39 is 27.7 Å². The maximum absolute atomic E-state index is 13.8. The third-order valence-electron chi connectivity index (χ3n) is 5.23. The minimum atomic E-state index is -3.75. The number of sulfonamides is 1. The predicted octanol–water partition coefficient (Wildman–Crippen LogP) is 4.25. The number of hydrogen-bond donors (Lipinski definition) is 0. The highest BCUT2D eigenvalue weighted by Gasteiger charge is 2.41. The van der Waals surface area contributed by atoms with Crippen LogP contribution in [-0.2, 0) is 10.0 Å². The lowest BCUT2D eigenvalue weighted by molar-refractivity contribution is 0.116. The first-order valence-corrected chi connectivity index (χ1v) is 11.8. The number of nitrogens with zero attached hydrogens (tertiary/aromatic N) is 3. The Balaban J connectivity index is 1.64. The lowest BCUT2D eigenvalue weighted by Crippen LogP contribution is -2.61. The van der Waals surface area contributed by atoms with Crippen molar-refractivity contribution in [1.82, 2.24) is 9.88 Å². The Morgan fingerprint density at radius 2 is 1.71 bits per heavy atom. The van der Waals surface area contributed by atoms with Crippen LogP contribution in [0.1, 0.15) is 17.2 Å². The maximum Gasteiger partial charge on any atom is 0.232 e. The summed E-state index contributed by atoms with van der Waals surface area (Å²) in [5.41, 5.74) is 1.92. The number of aromatic nitrogens is 1. The van der Waals surface area contributed by atoms with E-state index in [4.69, 9.17) is 11.6 Å². The zero-order valence-corrected chi connectivity index (χ0v) is 18.2. The summed E-state index contributed by atoms with van der Waals surface area (Å²) < 4.78 is 53.6. The van der Waals surface area contributed by atoms with Crippen LogP contribution in [0.25, 0.3) is 0 Å². The van der Waals surface area contributed by atoms with Crippen LogP contribution in [0.2, 0.25) is 5.02 Å². The van der Waals surface area contributed by atoms with Crippen molar-refractivity contribution < 1.29 is 17.2 Å². The smallest absolute Gasteiger partial charge is 0.232 e. The zero-order chi connectivity index (χ0) is 22.2. The number of rotatable bonds is 6. The van der Waals surface area contributed by atoms with Crippen molar-refractivity contribution >= 4 is 27.3 Å². The Bertz CT molecular complexity index is 1150. The molecule has 1 aromatic heterocycles. The van der Waals surface area contributed by atoms with Crippen LogP contribution in [0, 0.1) is 11.6 Å². The predicted molar refractivity (Wildman–Crippen MR) is 117 cm³/mol. The van der Waals surface area contributed by atoms with Crippen molar-refractivity contribution in [2.75, 3.05) is 23.7 Å². The molecular formula is C22H20ClF2N3O2S. The van der Waals surface area contributed by atoms with Gasteiger partial charge in [0.25, 0.3) is 0 Å². The normalized spacial score (nSPS) is 16.0. The highest BCUT2D eigenvalue weighted by atomic mass is 35.5. The molecule has 0 N–H and O–H groups in total. The summed E-state index contributed by atoms with van der Waals surface area (Å²) in [5, 5.41) is 0.617. The molecule has 0 bridgehead atoms. The highest BCUT2D eigenvalue weighted by molar-refractivity contribution is 7.92. The molecule has 1 aliphatic rings. The van der Waals surface area contributed by atoms with E-state index in [1.165, 1.54) is 0 Å². The van der Waals surface area contributed by atoms with Gasteiger partial charge < -0.3 is 0 Å². The second-order valence-electron chi connectivity index (χ2n) is 7.53. The Morgan fingerprint density at radius 1 is 1.06 bits per heavy atom. The van der Waals surface area contributed by atoms with E-state index in [0.29, 0.717) is 18.1 Å². The molecule has 3 aromatic rings. The molecule has 1 aliphatic heterocycles. The summed E-state index contributed by atoms with van der Waals surface area (Å²) in [4.78, 5) is 6.30. The molecule has 0 aliphatic carbocycles. The topological polar surface area (TPSA) is 53.5 Å². The van der Waals surface area contributed by atoms with Crippen LogP contribution >= 0.6 is 11.6 Å². The SMILES string of the molecule is CS(=O)(=O)N(c1cc(F)cc(F)c1)C1CN([C@H](c2ccc(Cl)cc2)c2cccnc2)C1. The maximum atomic E-state index is 13.8. The van der Waals surface area contributed by atoms with Crippen molar-refractivity contribution in [1.29, 1.82) is 0 Å². The molecule has 0 spiro atoms. The van der Waals surface area contributed by atoms with Gasteiger partial charge in [0.1, 0.15) is 11.6 Å². The van der Waals surface area contributed by atoms with E-state index in [0.717, 1.165) is 39.9 Å². The molecule has 2 aromatic carbocycles. The molecule has 1 atom stereocenters. The monoisotopic (exact) mass is 463 g/mol. The lowest BCUT2D eigenvalue weighted by Gasteiger charge is -2.48. The van der Waals surface area contributed by atoms with Gasteiger partial charge in [0.2, 0.25) is 10.0 Å². The quantitative estimate of drug-likeness (QED) is 0.548. The fourth-order valence-corrected chi connectivity index (χ4v) is 5.27. The van der Waals surface area contributed by atoms with Gasteiger partial charge in [0.15, 0.2) is 0 Å². The van der Waals surface area contributed by atoms with Crippen LogP contribution in [0.15, 0.2) is 67.0 Å². The molecular weight excluding hydrogens is 444 g/mol. The van der Waals surface area contributed by atoms with Gasteiger partial charge in [-0.25, -0.2) is 17.2 Å². The summed E-state index contributed by atoms with van der Waals surface area (Å²) in [7, 11) is -3.75. The Labute approximate surface area is 184 Å². The van der Waals surface area contributed by atoms with E-state index in [-0.39, 0.29) is 11.7 Å². The molecule has 162 valence electrons. The van der Waals surface area contributed by atoms with Crippen LogP contribution in [0.4, 0.5) is 14.5 Å². The molecule has 9 heteroatoms. The summed E-state index contributed by atoms with van der Waals surface area (Å²) in [6.07, 6.45) is 4.49. The lowest BCUT2D eigenvalue weighted by atomic mass is 9.94. The van der Waals surface area contributed by atoms with Crippen molar-refractivity contribution in [3.63, 3.8) is 0 Å². The summed E-state index contributed by atoms with van der Waals surface area (Å²) in [5.74, 6) is -1.65. The van der Waals surface area contributed by atoms with E-state index in [1.54, 1.807) is 24.5 Å². The average Bonchev–Trinajstić information content (AvgIpc) is 2.66. The zero-order valence-electron chi connectivity index (χ0n) is 16.6. The number of halogens is 3. The third-order valence-corrected chi connectivity index (χ3v) is 6.71. The molecule has 4 rings (SSSR count). The standard InChI is InChI=1S/C22H20ClF2N3O2S/c1-31(29,30)28(20-10-18(24)9-19(25)11-20)21-13-27(14-21)22(16-3-2-8-26-12-16)15-4-6-17(23)7-5-15/h2-12,21-22H,13-14H2,1H3/t22-/m1/s1. The molecule has 2 heterocycles. The molecule has 0 unspecified atom stereocenters. The summed E-state index contributed by atoms with van der Waals surface area (Å²) in [6.45, 7) is 0.765. The molecule has 0 saturated carbocycles. The number of likely N-dealkylation sites (tertiary alicyclic amines) is 1. The van der Waals surface area contributed by atoms with Gasteiger partial charge in [-0.2, -0.15) is 0 Å². The van der Waals surface area contributed by atoms with E-state index in [9.17, 15) is 17.2 Å². The largest absolute Gasteiger partial charge is 0.288 e. The van der Waals surface area contributed by atoms with Crippen LogP contribution in [0.5, 0.6) is 0 Å². The van der Waals surface area contributed by atoms with E-state index in [1.807, 2.05) is 24.3 Å². The third kappa shape index (κ3) is 4.71. The van der Waals surface area contributed by atoms with Crippen molar-refractivity contribution in [3.8, 4) is 0 Å². The van der Waals surface area contributed by atoms with Gasteiger partial charge >= 0.3 is 0 Å². The number of hydrogen-bond acceptors (Lipinski definition) is 4. The fraction of sp³-hybridized carbons (Fsp3) is 0.227. The van der Waals surface area contributed by atoms with E-state index >= 15 is 0 Å². The molecule has 0 amide bonds. The fourth-order valence-electron chi connectivity index (χ4n) is 3.98. The Hall–Kier alpha value is -2.55. The molecule has 1 saturated heterocycles. The van der Waals surface area contributed by atoms with Crippen molar-refractivity contribution in [3.05, 3.63) is 94.8 Å². The summed E-state index contributed by atoms with van der Waals surface area (Å²) >= 11 is 6.04. The Morgan fingerprint density at radius 3 is 2.26 bits per heavy atom. The van der Waals surface area contributed by atoms with Crippen LogP contribution in [0.3, 0.4) is 0 Å². The van der Waals surface area contributed by atoms with Gasteiger partial charge in [-0.1, -0.05) is 29.8 Å². The van der Waals surface area contributed by atoms with Gasteiger partial charge in [-0.15, -0.1) is 0 Å². The number of anilines is 1. The van der Waals surface area contributed by atoms with Gasteiger partial charge in [-0.05, 0) is 41.5 Å². The van der Waals surface area contributed by atoms with Crippen molar-refractivity contribution in [2.45, 2.75) is 12.1 Å². The molecule has 31 heavy (non-hydrogen) atoms. The molecule has 1 fully saturated rings. The van der Waals surface area contributed by atoms with Crippen LogP contribution in [-0.4, -0.2) is 43.7 Å². The second kappa shape index (κ2) is 8.53.